The Morgan fingerprint density at radius 1 is 1.29 bits per heavy atom. The number of hydrogen-bond donors (Lipinski definition) is 1. The van der Waals surface area contributed by atoms with Gasteiger partial charge >= 0.3 is 0 Å². The third-order valence-corrected chi connectivity index (χ3v) is 3.49. The molecule has 0 aliphatic heterocycles. The average Bonchev–Trinajstić information content (AvgIpc) is 2.32. The minimum absolute atomic E-state index is 0.621. The van der Waals surface area contributed by atoms with Gasteiger partial charge in [0, 0.05) is 30.1 Å². The molecular weight excluding hydrogens is 276 g/mol. The molecule has 3 heteroatoms. The van der Waals surface area contributed by atoms with E-state index >= 15 is 0 Å². The summed E-state index contributed by atoms with van der Waals surface area (Å²) in [5.74, 6) is 0. The summed E-state index contributed by atoms with van der Waals surface area (Å²) < 4.78 is 1.14. The molecule has 0 saturated carbocycles. The van der Waals surface area contributed by atoms with E-state index in [1.807, 2.05) is 0 Å². The second-order valence-electron chi connectivity index (χ2n) is 4.63. The SMILES string of the molecule is CCC(C)NCCN(C)Cc1ccc(Br)cc1. The summed E-state index contributed by atoms with van der Waals surface area (Å²) in [6.45, 7) is 7.59. The van der Waals surface area contributed by atoms with Gasteiger partial charge in [-0.05, 0) is 38.1 Å². The first kappa shape index (κ1) is 14.7. The van der Waals surface area contributed by atoms with Gasteiger partial charge in [-0.1, -0.05) is 35.0 Å². The van der Waals surface area contributed by atoms with Crippen LogP contribution in [0.5, 0.6) is 0 Å². The Kier molecular flexibility index (Phi) is 6.78. The summed E-state index contributed by atoms with van der Waals surface area (Å²) in [6, 6.07) is 9.16. The van der Waals surface area contributed by atoms with Crippen molar-refractivity contribution in [2.45, 2.75) is 32.9 Å². The highest BCUT2D eigenvalue weighted by molar-refractivity contribution is 9.10. The average molecular weight is 299 g/mol. The molecule has 0 radical (unpaired) electrons. The van der Waals surface area contributed by atoms with Crippen molar-refractivity contribution in [2.24, 2.45) is 0 Å². The van der Waals surface area contributed by atoms with E-state index in [1.54, 1.807) is 0 Å². The fourth-order valence-corrected chi connectivity index (χ4v) is 1.89. The largest absolute Gasteiger partial charge is 0.313 e. The normalized spacial score (nSPS) is 13.0. The van der Waals surface area contributed by atoms with Crippen LogP contribution in [0.3, 0.4) is 0 Å². The van der Waals surface area contributed by atoms with Crippen molar-refractivity contribution in [3.63, 3.8) is 0 Å². The molecule has 1 N–H and O–H groups in total. The van der Waals surface area contributed by atoms with Gasteiger partial charge in [0.05, 0.1) is 0 Å². The third kappa shape index (κ3) is 6.20. The van der Waals surface area contributed by atoms with Gasteiger partial charge in [-0.15, -0.1) is 0 Å². The van der Waals surface area contributed by atoms with Gasteiger partial charge in [-0.3, -0.25) is 0 Å². The first-order valence-electron chi connectivity index (χ1n) is 6.28. The Labute approximate surface area is 114 Å². The van der Waals surface area contributed by atoms with Crippen molar-refractivity contribution < 1.29 is 0 Å². The number of nitrogens with zero attached hydrogens (tertiary/aromatic N) is 1. The number of likely N-dealkylation sites (N-methyl/N-ethyl adjacent to an activating group) is 1. The van der Waals surface area contributed by atoms with Gasteiger partial charge in [0.2, 0.25) is 0 Å². The van der Waals surface area contributed by atoms with E-state index in [0.29, 0.717) is 6.04 Å². The summed E-state index contributed by atoms with van der Waals surface area (Å²) in [5.41, 5.74) is 1.36. The molecule has 96 valence electrons. The van der Waals surface area contributed by atoms with E-state index in [9.17, 15) is 0 Å². The zero-order chi connectivity index (χ0) is 12.7. The zero-order valence-corrected chi connectivity index (χ0v) is 12.6. The highest BCUT2D eigenvalue weighted by Crippen LogP contribution is 2.11. The molecule has 17 heavy (non-hydrogen) atoms. The quantitative estimate of drug-likeness (QED) is 0.831. The van der Waals surface area contributed by atoms with E-state index < -0.39 is 0 Å². The van der Waals surface area contributed by atoms with Crippen molar-refractivity contribution in [2.75, 3.05) is 20.1 Å². The van der Waals surface area contributed by atoms with Gasteiger partial charge in [-0.25, -0.2) is 0 Å². The monoisotopic (exact) mass is 298 g/mol. The Balaban J connectivity index is 2.25. The van der Waals surface area contributed by atoms with Crippen molar-refractivity contribution in [3.05, 3.63) is 34.3 Å². The zero-order valence-electron chi connectivity index (χ0n) is 11.0. The molecular formula is C14H23BrN2. The molecule has 0 fully saturated rings. The summed E-state index contributed by atoms with van der Waals surface area (Å²) >= 11 is 3.45. The van der Waals surface area contributed by atoms with Crippen LogP contribution in [0.2, 0.25) is 0 Å². The Morgan fingerprint density at radius 3 is 2.53 bits per heavy atom. The number of hydrogen-bond acceptors (Lipinski definition) is 2. The summed E-state index contributed by atoms with van der Waals surface area (Å²) in [5, 5.41) is 3.51. The second-order valence-corrected chi connectivity index (χ2v) is 5.54. The summed E-state index contributed by atoms with van der Waals surface area (Å²) in [7, 11) is 2.17. The van der Waals surface area contributed by atoms with Crippen LogP contribution in [0.25, 0.3) is 0 Å². The highest BCUT2D eigenvalue weighted by atomic mass is 79.9. The maximum Gasteiger partial charge on any atom is 0.0231 e. The van der Waals surface area contributed by atoms with Gasteiger partial charge in [-0.2, -0.15) is 0 Å². The van der Waals surface area contributed by atoms with E-state index in [2.05, 4.69) is 71.3 Å². The van der Waals surface area contributed by atoms with Crippen LogP contribution in [-0.4, -0.2) is 31.1 Å². The molecule has 1 unspecified atom stereocenters. The second kappa shape index (κ2) is 7.85. The van der Waals surface area contributed by atoms with Crippen molar-refractivity contribution in [1.29, 1.82) is 0 Å². The number of nitrogens with one attached hydrogen (secondary N) is 1. The predicted molar refractivity (Wildman–Crippen MR) is 78.2 cm³/mol. The van der Waals surface area contributed by atoms with Gasteiger partial charge in [0.15, 0.2) is 0 Å². The summed E-state index contributed by atoms with van der Waals surface area (Å²) in [6.07, 6.45) is 1.19. The van der Waals surface area contributed by atoms with Crippen LogP contribution in [0, 0.1) is 0 Å². The molecule has 0 heterocycles. The Bertz CT molecular complexity index is 311. The van der Waals surface area contributed by atoms with Gasteiger partial charge in [0.25, 0.3) is 0 Å². The summed E-state index contributed by atoms with van der Waals surface area (Å²) in [4.78, 5) is 2.35. The molecule has 0 saturated heterocycles. The molecule has 2 nitrogen and oxygen atoms in total. The number of halogens is 1. The molecule has 1 aromatic carbocycles. The molecule has 0 spiro atoms. The minimum Gasteiger partial charge on any atom is -0.313 e. The van der Waals surface area contributed by atoms with E-state index in [-0.39, 0.29) is 0 Å². The van der Waals surface area contributed by atoms with Crippen LogP contribution in [0.1, 0.15) is 25.8 Å². The van der Waals surface area contributed by atoms with Crippen LogP contribution in [0.4, 0.5) is 0 Å². The lowest BCUT2D eigenvalue weighted by atomic mass is 10.2. The highest BCUT2D eigenvalue weighted by Gasteiger charge is 2.01. The Morgan fingerprint density at radius 2 is 1.94 bits per heavy atom. The third-order valence-electron chi connectivity index (χ3n) is 2.96. The fourth-order valence-electron chi connectivity index (χ4n) is 1.63. The van der Waals surface area contributed by atoms with Crippen molar-refractivity contribution in [3.8, 4) is 0 Å². The van der Waals surface area contributed by atoms with Crippen molar-refractivity contribution in [1.82, 2.24) is 10.2 Å². The molecule has 0 aliphatic carbocycles. The predicted octanol–water partition coefficient (Wildman–Crippen LogP) is 3.27. The molecule has 0 aromatic heterocycles. The fraction of sp³-hybridized carbons (Fsp3) is 0.571. The molecule has 0 amide bonds. The Hall–Kier alpha value is -0.380. The first-order valence-corrected chi connectivity index (χ1v) is 7.07. The van der Waals surface area contributed by atoms with Crippen LogP contribution in [-0.2, 0) is 6.54 Å². The molecule has 0 aliphatic rings. The van der Waals surface area contributed by atoms with Crippen LogP contribution >= 0.6 is 15.9 Å². The lowest BCUT2D eigenvalue weighted by molar-refractivity contribution is 0.317. The molecule has 0 bridgehead atoms. The number of benzene rings is 1. The maximum atomic E-state index is 3.51. The van der Waals surface area contributed by atoms with Crippen molar-refractivity contribution >= 4 is 15.9 Å². The number of rotatable bonds is 7. The minimum atomic E-state index is 0.621. The lowest BCUT2D eigenvalue weighted by Crippen LogP contribution is -2.33. The molecule has 1 rings (SSSR count). The smallest absolute Gasteiger partial charge is 0.0231 e. The van der Waals surface area contributed by atoms with E-state index in [0.717, 1.165) is 24.1 Å². The standard InChI is InChI=1S/C14H23BrN2/c1-4-12(2)16-9-10-17(3)11-13-5-7-14(15)8-6-13/h5-8,12,16H,4,9-11H2,1-3H3. The van der Waals surface area contributed by atoms with E-state index in [1.165, 1.54) is 12.0 Å². The topological polar surface area (TPSA) is 15.3 Å². The lowest BCUT2D eigenvalue weighted by Gasteiger charge is -2.18. The van der Waals surface area contributed by atoms with Crippen LogP contribution < -0.4 is 5.32 Å². The molecule has 1 aromatic rings. The van der Waals surface area contributed by atoms with Gasteiger partial charge in [0.1, 0.15) is 0 Å². The first-order chi connectivity index (χ1) is 8.11. The van der Waals surface area contributed by atoms with E-state index in [4.69, 9.17) is 0 Å². The van der Waals surface area contributed by atoms with Crippen LogP contribution in [0.15, 0.2) is 28.7 Å². The van der Waals surface area contributed by atoms with Gasteiger partial charge < -0.3 is 10.2 Å². The maximum absolute atomic E-state index is 3.51. The molecule has 1 atom stereocenters.